The zero-order valence-electron chi connectivity index (χ0n) is 18.9. The lowest BCUT2D eigenvalue weighted by Gasteiger charge is -2.12. The fourth-order valence-electron chi connectivity index (χ4n) is 4.50. The Labute approximate surface area is 184 Å². The summed E-state index contributed by atoms with van der Waals surface area (Å²) in [6, 6.07) is 6.56. The van der Waals surface area contributed by atoms with Crippen LogP contribution in [0.4, 0.5) is 0 Å². The Kier molecular flexibility index (Phi) is 7.22. The molecule has 3 heterocycles. The number of aryl methyl sites for hydroxylation is 3. The molecule has 0 saturated carbocycles. The molecule has 4 rings (SSSR count). The number of para-hydroxylation sites is 1. The fourth-order valence-corrected chi connectivity index (χ4v) is 4.50. The molecule has 0 fully saturated rings. The van der Waals surface area contributed by atoms with Crippen molar-refractivity contribution in [1.29, 1.82) is 0 Å². The Morgan fingerprint density at radius 1 is 1.10 bits per heavy atom. The van der Waals surface area contributed by atoms with E-state index in [1.165, 1.54) is 47.1 Å². The van der Waals surface area contributed by atoms with Gasteiger partial charge in [-0.05, 0) is 43.2 Å². The van der Waals surface area contributed by atoms with E-state index in [-0.39, 0.29) is 0 Å². The van der Waals surface area contributed by atoms with Crippen LogP contribution in [0.25, 0.3) is 10.9 Å². The van der Waals surface area contributed by atoms with Crippen LogP contribution < -0.4 is 10.6 Å². The molecule has 7 nitrogen and oxygen atoms in total. The van der Waals surface area contributed by atoms with Crippen LogP contribution in [-0.4, -0.2) is 45.8 Å². The predicted molar refractivity (Wildman–Crippen MR) is 127 cm³/mol. The minimum Gasteiger partial charge on any atom is -0.361 e. The van der Waals surface area contributed by atoms with Gasteiger partial charge in [0.25, 0.3) is 0 Å². The van der Waals surface area contributed by atoms with Gasteiger partial charge in [-0.25, -0.2) is 0 Å². The fraction of sp³-hybridized carbons (Fsp3) is 0.542. The van der Waals surface area contributed by atoms with Crippen LogP contribution in [-0.2, 0) is 32.2 Å². The SMILES string of the molecule is CCc1cccc2c(CCNC(=NC)NCCCc3nnc4n3CCCCC4)c[nH]c12. The molecular weight excluding hydrogens is 386 g/mol. The molecule has 2 aromatic heterocycles. The van der Waals surface area contributed by atoms with Gasteiger partial charge in [-0.2, -0.15) is 0 Å². The van der Waals surface area contributed by atoms with E-state index in [1.54, 1.807) is 0 Å². The van der Waals surface area contributed by atoms with Crippen molar-refractivity contribution >= 4 is 16.9 Å². The molecule has 166 valence electrons. The number of benzene rings is 1. The summed E-state index contributed by atoms with van der Waals surface area (Å²) < 4.78 is 2.34. The summed E-state index contributed by atoms with van der Waals surface area (Å²) in [7, 11) is 1.83. The molecule has 1 aromatic carbocycles. The first-order valence-corrected chi connectivity index (χ1v) is 11.7. The van der Waals surface area contributed by atoms with Gasteiger partial charge in [-0.15, -0.1) is 10.2 Å². The first-order valence-electron chi connectivity index (χ1n) is 11.7. The summed E-state index contributed by atoms with van der Waals surface area (Å²) in [4.78, 5) is 7.82. The molecule has 0 atom stereocenters. The number of fused-ring (bicyclic) bond motifs is 2. The maximum Gasteiger partial charge on any atom is 0.190 e. The maximum atomic E-state index is 4.43. The standard InChI is InChI=1S/C24H35N7/c1-3-18-9-7-10-20-19(17-28-23(18)20)13-15-27-24(25-2)26-14-8-12-22-30-29-21-11-5-4-6-16-31(21)22/h7,9-10,17,28H,3-6,8,11-16H2,1-2H3,(H2,25,26,27). The second kappa shape index (κ2) is 10.5. The van der Waals surface area contributed by atoms with Gasteiger partial charge in [0.15, 0.2) is 5.96 Å². The first-order chi connectivity index (χ1) is 15.3. The molecule has 0 saturated heterocycles. The Morgan fingerprint density at radius 2 is 2.00 bits per heavy atom. The number of H-pyrrole nitrogens is 1. The number of hydrogen-bond acceptors (Lipinski definition) is 3. The topological polar surface area (TPSA) is 82.9 Å². The van der Waals surface area contributed by atoms with Crippen molar-refractivity contribution in [3.05, 3.63) is 47.2 Å². The summed E-state index contributed by atoms with van der Waals surface area (Å²) in [5.41, 5.74) is 3.99. The molecule has 1 aliphatic heterocycles. The highest BCUT2D eigenvalue weighted by Crippen LogP contribution is 2.22. The van der Waals surface area contributed by atoms with Crippen LogP contribution in [0.1, 0.15) is 55.4 Å². The van der Waals surface area contributed by atoms with Crippen molar-refractivity contribution in [3.8, 4) is 0 Å². The minimum absolute atomic E-state index is 0.848. The smallest absolute Gasteiger partial charge is 0.190 e. The number of aliphatic imine (C=N–C) groups is 1. The first kappa shape index (κ1) is 21.4. The van der Waals surface area contributed by atoms with Crippen molar-refractivity contribution < 1.29 is 0 Å². The largest absolute Gasteiger partial charge is 0.361 e. The molecule has 0 spiro atoms. The van der Waals surface area contributed by atoms with Gasteiger partial charge in [0.2, 0.25) is 0 Å². The van der Waals surface area contributed by atoms with Gasteiger partial charge in [-0.3, -0.25) is 4.99 Å². The highest BCUT2D eigenvalue weighted by atomic mass is 15.3. The molecule has 0 amide bonds. The highest BCUT2D eigenvalue weighted by molar-refractivity contribution is 5.86. The molecule has 0 bridgehead atoms. The highest BCUT2D eigenvalue weighted by Gasteiger charge is 2.14. The summed E-state index contributed by atoms with van der Waals surface area (Å²) >= 11 is 0. The van der Waals surface area contributed by atoms with Crippen LogP contribution in [0, 0.1) is 0 Å². The number of rotatable bonds is 8. The average molecular weight is 422 g/mol. The molecule has 0 aliphatic carbocycles. The number of nitrogens with zero attached hydrogens (tertiary/aromatic N) is 4. The van der Waals surface area contributed by atoms with Gasteiger partial charge in [0.1, 0.15) is 11.6 Å². The maximum absolute atomic E-state index is 4.43. The Bertz CT molecular complexity index is 1010. The van der Waals surface area contributed by atoms with Crippen molar-refractivity contribution in [2.75, 3.05) is 20.1 Å². The van der Waals surface area contributed by atoms with Crippen LogP contribution >= 0.6 is 0 Å². The third-order valence-corrected chi connectivity index (χ3v) is 6.23. The zero-order chi connectivity index (χ0) is 21.5. The van der Waals surface area contributed by atoms with Crippen molar-refractivity contribution in [1.82, 2.24) is 30.4 Å². The van der Waals surface area contributed by atoms with Crippen LogP contribution in [0.15, 0.2) is 29.4 Å². The van der Waals surface area contributed by atoms with E-state index in [1.807, 2.05) is 7.05 Å². The number of guanidine groups is 1. The number of nitrogens with one attached hydrogen (secondary N) is 3. The van der Waals surface area contributed by atoms with E-state index in [0.717, 1.165) is 63.5 Å². The summed E-state index contributed by atoms with van der Waals surface area (Å²) in [5.74, 6) is 3.16. The number of hydrogen-bond donors (Lipinski definition) is 3. The average Bonchev–Trinajstić information content (AvgIpc) is 3.31. The molecule has 3 aromatic rings. The van der Waals surface area contributed by atoms with Crippen molar-refractivity contribution in [2.45, 2.75) is 64.8 Å². The molecular formula is C24H35N7. The van der Waals surface area contributed by atoms with E-state index >= 15 is 0 Å². The quantitative estimate of drug-likeness (QED) is 0.296. The second-order valence-electron chi connectivity index (χ2n) is 8.28. The molecule has 7 heteroatoms. The molecule has 0 unspecified atom stereocenters. The van der Waals surface area contributed by atoms with Crippen molar-refractivity contribution in [2.24, 2.45) is 4.99 Å². The Morgan fingerprint density at radius 3 is 2.87 bits per heavy atom. The Hall–Kier alpha value is -2.83. The van der Waals surface area contributed by atoms with Crippen LogP contribution in [0.5, 0.6) is 0 Å². The van der Waals surface area contributed by atoms with Crippen LogP contribution in [0.3, 0.4) is 0 Å². The third kappa shape index (κ3) is 5.09. The van der Waals surface area contributed by atoms with E-state index in [9.17, 15) is 0 Å². The minimum atomic E-state index is 0.848. The summed E-state index contributed by atoms with van der Waals surface area (Å²) in [5, 5.41) is 17.0. The number of aromatic amines is 1. The monoisotopic (exact) mass is 421 g/mol. The zero-order valence-corrected chi connectivity index (χ0v) is 18.9. The normalized spacial score (nSPS) is 14.5. The van der Waals surface area contributed by atoms with Gasteiger partial charge < -0.3 is 20.2 Å². The van der Waals surface area contributed by atoms with E-state index in [2.05, 4.69) is 66.7 Å². The Balaban J connectivity index is 1.22. The predicted octanol–water partition coefficient (Wildman–Crippen LogP) is 3.39. The van der Waals surface area contributed by atoms with Gasteiger partial charge in [0, 0.05) is 56.6 Å². The molecule has 0 radical (unpaired) electrons. The second-order valence-corrected chi connectivity index (χ2v) is 8.28. The van der Waals surface area contributed by atoms with E-state index in [0.29, 0.717) is 0 Å². The molecule has 3 N–H and O–H groups in total. The molecule has 1 aliphatic rings. The van der Waals surface area contributed by atoms with Gasteiger partial charge in [0.05, 0.1) is 0 Å². The lowest BCUT2D eigenvalue weighted by molar-refractivity contribution is 0.594. The third-order valence-electron chi connectivity index (χ3n) is 6.23. The van der Waals surface area contributed by atoms with Gasteiger partial charge >= 0.3 is 0 Å². The van der Waals surface area contributed by atoms with Crippen LogP contribution in [0.2, 0.25) is 0 Å². The van der Waals surface area contributed by atoms with Gasteiger partial charge in [-0.1, -0.05) is 31.5 Å². The summed E-state index contributed by atoms with van der Waals surface area (Å²) in [6.45, 7) is 4.99. The van der Waals surface area contributed by atoms with Crippen molar-refractivity contribution in [3.63, 3.8) is 0 Å². The van der Waals surface area contributed by atoms with E-state index < -0.39 is 0 Å². The lowest BCUT2D eigenvalue weighted by atomic mass is 10.1. The van der Waals surface area contributed by atoms with E-state index in [4.69, 9.17) is 0 Å². The lowest BCUT2D eigenvalue weighted by Crippen LogP contribution is -2.38. The summed E-state index contributed by atoms with van der Waals surface area (Å²) in [6.07, 6.45) is 10.9. The number of aromatic nitrogens is 4. The molecule has 31 heavy (non-hydrogen) atoms.